The lowest BCUT2D eigenvalue weighted by molar-refractivity contribution is 0.0599. The first-order chi connectivity index (χ1) is 9.72. The molecule has 0 bridgehead atoms. The molecule has 106 valence electrons. The Hall–Kier alpha value is -2.14. The first kappa shape index (κ1) is 14.3. The van der Waals surface area contributed by atoms with E-state index in [0.29, 0.717) is 12.1 Å². The van der Waals surface area contributed by atoms with Gasteiger partial charge in [-0.2, -0.15) is 5.10 Å². The Morgan fingerprint density at radius 2 is 2.15 bits per heavy atom. The van der Waals surface area contributed by atoms with Gasteiger partial charge in [0.2, 0.25) is 0 Å². The van der Waals surface area contributed by atoms with Crippen LogP contribution < -0.4 is 5.32 Å². The van der Waals surface area contributed by atoms with Crippen molar-refractivity contribution in [1.82, 2.24) is 15.1 Å². The highest BCUT2D eigenvalue weighted by molar-refractivity contribution is 5.90. The molecule has 20 heavy (non-hydrogen) atoms. The minimum absolute atomic E-state index is 0.297. The first-order valence-corrected chi connectivity index (χ1v) is 6.56. The molecule has 0 radical (unpaired) electrons. The molecule has 0 amide bonds. The van der Waals surface area contributed by atoms with Gasteiger partial charge in [-0.1, -0.05) is 18.2 Å². The molecule has 5 heteroatoms. The fraction of sp³-hybridized carbons (Fsp3) is 0.333. The number of ether oxygens (including phenoxy) is 1. The van der Waals surface area contributed by atoms with Crippen molar-refractivity contribution < 1.29 is 9.53 Å². The summed E-state index contributed by atoms with van der Waals surface area (Å²) in [7, 11) is 3.33. The summed E-state index contributed by atoms with van der Waals surface area (Å²) in [5.41, 5.74) is 2.74. The van der Waals surface area contributed by atoms with E-state index in [1.54, 1.807) is 12.3 Å². The third-order valence-corrected chi connectivity index (χ3v) is 3.22. The minimum atomic E-state index is -0.297. The van der Waals surface area contributed by atoms with E-state index in [4.69, 9.17) is 4.74 Å². The number of nitrogens with zero attached hydrogens (tertiary/aromatic N) is 2. The van der Waals surface area contributed by atoms with Gasteiger partial charge in [0, 0.05) is 38.4 Å². The molecule has 0 fully saturated rings. The van der Waals surface area contributed by atoms with Crippen molar-refractivity contribution in [2.24, 2.45) is 7.05 Å². The third kappa shape index (κ3) is 3.45. The number of nitrogens with one attached hydrogen (secondary N) is 1. The van der Waals surface area contributed by atoms with Crippen LogP contribution in [0, 0.1) is 0 Å². The van der Waals surface area contributed by atoms with E-state index >= 15 is 0 Å². The molecule has 1 aromatic carbocycles. The number of carbonyl (C=O) groups excluding carboxylic acids is 1. The molecular formula is C15H19N3O2. The van der Waals surface area contributed by atoms with Crippen LogP contribution in [0.25, 0.3) is 0 Å². The van der Waals surface area contributed by atoms with Gasteiger partial charge in [-0.25, -0.2) is 4.79 Å². The van der Waals surface area contributed by atoms with Crippen LogP contribution >= 0.6 is 0 Å². The van der Waals surface area contributed by atoms with E-state index in [2.05, 4.69) is 10.4 Å². The van der Waals surface area contributed by atoms with E-state index in [1.165, 1.54) is 12.8 Å². The fourth-order valence-corrected chi connectivity index (χ4v) is 2.07. The number of rotatable bonds is 6. The SMILES string of the molecule is COC(=O)c1ccccc1CNCCc1ccnn1C. The van der Waals surface area contributed by atoms with Crippen LogP contribution in [0.3, 0.4) is 0 Å². The zero-order valence-corrected chi connectivity index (χ0v) is 11.8. The Kier molecular flexibility index (Phi) is 4.90. The Bertz CT molecular complexity index is 578. The van der Waals surface area contributed by atoms with Gasteiger partial charge in [-0.3, -0.25) is 4.68 Å². The number of aromatic nitrogens is 2. The maximum Gasteiger partial charge on any atom is 0.338 e. The van der Waals surface area contributed by atoms with Crippen molar-refractivity contribution in [1.29, 1.82) is 0 Å². The number of esters is 1. The van der Waals surface area contributed by atoms with Crippen molar-refractivity contribution >= 4 is 5.97 Å². The summed E-state index contributed by atoms with van der Waals surface area (Å²) in [6.45, 7) is 1.47. The maximum absolute atomic E-state index is 11.6. The smallest absolute Gasteiger partial charge is 0.338 e. The number of carbonyl (C=O) groups is 1. The lowest BCUT2D eigenvalue weighted by Gasteiger charge is -2.09. The number of hydrogen-bond donors (Lipinski definition) is 1. The van der Waals surface area contributed by atoms with Crippen molar-refractivity contribution in [3.8, 4) is 0 Å². The molecule has 1 aromatic heterocycles. The lowest BCUT2D eigenvalue weighted by atomic mass is 10.1. The number of methoxy groups -OCH3 is 1. The molecule has 0 saturated carbocycles. The van der Waals surface area contributed by atoms with Gasteiger partial charge in [0.1, 0.15) is 0 Å². The zero-order chi connectivity index (χ0) is 14.4. The van der Waals surface area contributed by atoms with Gasteiger partial charge in [0.15, 0.2) is 0 Å². The summed E-state index contributed by atoms with van der Waals surface area (Å²) < 4.78 is 6.64. The van der Waals surface area contributed by atoms with Crippen LogP contribution in [0.2, 0.25) is 0 Å². The zero-order valence-electron chi connectivity index (χ0n) is 11.8. The number of aryl methyl sites for hydroxylation is 1. The van der Waals surface area contributed by atoms with Crippen LogP contribution in [0.1, 0.15) is 21.6 Å². The summed E-state index contributed by atoms with van der Waals surface area (Å²) in [4.78, 5) is 11.6. The summed E-state index contributed by atoms with van der Waals surface area (Å²) in [6.07, 6.45) is 2.69. The molecule has 0 unspecified atom stereocenters. The summed E-state index contributed by atoms with van der Waals surface area (Å²) in [6, 6.07) is 9.48. The molecule has 0 aliphatic rings. The molecule has 1 heterocycles. The summed E-state index contributed by atoms with van der Waals surface area (Å²) in [5.74, 6) is -0.297. The van der Waals surface area contributed by atoms with Crippen LogP contribution in [-0.2, 0) is 24.8 Å². The van der Waals surface area contributed by atoms with E-state index in [-0.39, 0.29) is 5.97 Å². The average Bonchev–Trinajstić information content (AvgIpc) is 2.88. The van der Waals surface area contributed by atoms with E-state index in [0.717, 1.165) is 18.5 Å². The lowest BCUT2D eigenvalue weighted by Crippen LogP contribution is -2.19. The van der Waals surface area contributed by atoms with Crippen molar-refractivity contribution in [3.63, 3.8) is 0 Å². The van der Waals surface area contributed by atoms with Crippen molar-refractivity contribution in [2.75, 3.05) is 13.7 Å². The molecule has 0 spiro atoms. The topological polar surface area (TPSA) is 56.1 Å². The monoisotopic (exact) mass is 273 g/mol. The highest BCUT2D eigenvalue weighted by atomic mass is 16.5. The molecule has 2 aromatic rings. The largest absolute Gasteiger partial charge is 0.465 e. The molecule has 5 nitrogen and oxygen atoms in total. The highest BCUT2D eigenvalue weighted by Gasteiger charge is 2.10. The third-order valence-electron chi connectivity index (χ3n) is 3.22. The van der Waals surface area contributed by atoms with Crippen molar-refractivity contribution in [3.05, 3.63) is 53.3 Å². The first-order valence-electron chi connectivity index (χ1n) is 6.56. The fourth-order valence-electron chi connectivity index (χ4n) is 2.07. The van der Waals surface area contributed by atoms with Gasteiger partial charge in [0.05, 0.1) is 12.7 Å². The molecule has 1 N–H and O–H groups in total. The Morgan fingerprint density at radius 1 is 1.35 bits per heavy atom. The number of benzene rings is 1. The molecule has 0 aliphatic carbocycles. The molecular weight excluding hydrogens is 254 g/mol. The quantitative estimate of drug-likeness (QED) is 0.641. The van der Waals surface area contributed by atoms with Crippen LogP contribution in [-0.4, -0.2) is 29.4 Å². The van der Waals surface area contributed by atoms with E-state index < -0.39 is 0 Å². The van der Waals surface area contributed by atoms with Crippen molar-refractivity contribution in [2.45, 2.75) is 13.0 Å². The van der Waals surface area contributed by atoms with Crippen LogP contribution in [0.15, 0.2) is 36.5 Å². The van der Waals surface area contributed by atoms with Gasteiger partial charge < -0.3 is 10.1 Å². The van der Waals surface area contributed by atoms with Gasteiger partial charge >= 0.3 is 5.97 Å². The second kappa shape index (κ2) is 6.86. The Morgan fingerprint density at radius 3 is 2.85 bits per heavy atom. The highest BCUT2D eigenvalue weighted by Crippen LogP contribution is 2.09. The molecule has 0 atom stereocenters. The van der Waals surface area contributed by atoms with Gasteiger partial charge in [-0.05, 0) is 17.7 Å². The summed E-state index contributed by atoms with van der Waals surface area (Å²) >= 11 is 0. The molecule has 0 aliphatic heterocycles. The normalized spacial score (nSPS) is 10.5. The maximum atomic E-state index is 11.6. The van der Waals surface area contributed by atoms with E-state index in [9.17, 15) is 4.79 Å². The van der Waals surface area contributed by atoms with Gasteiger partial charge in [0.25, 0.3) is 0 Å². The van der Waals surface area contributed by atoms with Gasteiger partial charge in [-0.15, -0.1) is 0 Å². The number of hydrogen-bond acceptors (Lipinski definition) is 4. The Labute approximate surface area is 118 Å². The average molecular weight is 273 g/mol. The predicted octanol–water partition coefficient (Wildman–Crippen LogP) is 1.54. The van der Waals surface area contributed by atoms with Crippen LogP contribution in [0.5, 0.6) is 0 Å². The van der Waals surface area contributed by atoms with E-state index in [1.807, 2.05) is 36.0 Å². The standard InChI is InChI=1S/C15H19N3O2/c1-18-13(8-10-17-18)7-9-16-11-12-5-3-4-6-14(12)15(19)20-2/h3-6,8,10,16H,7,9,11H2,1-2H3. The Balaban J connectivity index is 1.88. The minimum Gasteiger partial charge on any atom is -0.465 e. The summed E-state index contributed by atoms with van der Waals surface area (Å²) in [5, 5.41) is 7.47. The second-order valence-corrected chi connectivity index (χ2v) is 4.52. The molecule has 0 saturated heterocycles. The molecule has 2 rings (SSSR count). The van der Waals surface area contributed by atoms with Crippen LogP contribution in [0.4, 0.5) is 0 Å². The second-order valence-electron chi connectivity index (χ2n) is 4.52. The predicted molar refractivity (Wildman–Crippen MR) is 76.4 cm³/mol.